The predicted molar refractivity (Wildman–Crippen MR) is 304 cm³/mol. The van der Waals surface area contributed by atoms with Crippen LogP contribution >= 0.6 is 0 Å². The van der Waals surface area contributed by atoms with Gasteiger partial charge in [-0.1, -0.05) is 72.8 Å². The highest BCUT2D eigenvalue weighted by molar-refractivity contribution is 6.63. The smallest absolute Gasteiger partial charge is 0.399 e. The number of nitrogens with zero attached hydrogens (tertiary/aromatic N) is 5. The first-order valence-corrected chi connectivity index (χ1v) is 28.1. The summed E-state index contributed by atoms with van der Waals surface area (Å²) in [7, 11) is -1.10. The van der Waals surface area contributed by atoms with Crippen LogP contribution in [0.3, 0.4) is 0 Å². The molecule has 0 aromatic heterocycles. The Morgan fingerprint density at radius 1 is 0.311 bits per heavy atom. The molecule has 9 rings (SSSR count). The lowest BCUT2D eigenvalue weighted by Crippen LogP contribution is -2.47. The first-order chi connectivity index (χ1) is 35.1. The van der Waals surface area contributed by atoms with Crippen molar-refractivity contribution in [1.82, 2.24) is 40.4 Å². The van der Waals surface area contributed by atoms with Gasteiger partial charge in [0.1, 0.15) is 0 Å². The maximum atomic E-state index is 6.45. The first-order valence-electron chi connectivity index (χ1n) is 28.1. The fourth-order valence-corrected chi connectivity index (χ4v) is 10.2. The van der Waals surface area contributed by atoms with E-state index in [2.05, 4.69) is 196 Å². The van der Waals surface area contributed by atoms with E-state index in [-0.39, 0.29) is 55.0 Å². The van der Waals surface area contributed by atoms with Crippen LogP contribution in [0.1, 0.15) is 99.8 Å². The second-order valence-corrected chi connectivity index (χ2v) is 24.8. The first kappa shape index (κ1) is 57.5. The Balaban J connectivity index is 1.01. The molecule has 3 aromatic carbocycles. The van der Waals surface area contributed by atoms with Crippen molar-refractivity contribution in [3.05, 3.63) is 89.5 Å². The van der Waals surface area contributed by atoms with Gasteiger partial charge in [0, 0.05) is 137 Å². The lowest BCUT2D eigenvalue weighted by atomic mass is 9.79. The van der Waals surface area contributed by atoms with Crippen molar-refractivity contribution in [3.8, 4) is 0 Å². The maximum absolute atomic E-state index is 6.45. The molecule has 0 saturated carbocycles. The molecule has 6 saturated heterocycles. The second-order valence-electron chi connectivity index (χ2n) is 24.8. The molecule has 0 aliphatic carbocycles. The van der Waals surface area contributed by atoms with Crippen molar-refractivity contribution >= 4 is 37.7 Å². The Morgan fingerprint density at radius 3 is 0.838 bits per heavy atom. The second kappa shape index (κ2) is 24.5. The zero-order valence-electron chi connectivity index (χ0n) is 47.7. The van der Waals surface area contributed by atoms with Gasteiger partial charge in [0.2, 0.25) is 0 Å². The lowest BCUT2D eigenvalue weighted by molar-refractivity contribution is 0.00578. The molecule has 6 aliphatic rings. The normalized spacial score (nSPS) is 26.8. The van der Waals surface area contributed by atoms with Crippen molar-refractivity contribution in [2.45, 2.75) is 136 Å². The van der Waals surface area contributed by atoms with Gasteiger partial charge >= 0.3 is 21.4 Å². The van der Waals surface area contributed by atoms with Crippen LogP contribution in [0.5, 0.6) is 0 Å². The van der Waals surface area contributed by atoms with Crippen LogP contribution in [0, 0.1) is 0 Å². The van der Waals surface area contributed by atoms with Crippen molar-refractivity contribution < 1.29 is 27.9 Å². The van der Waals surface area contributed by atoms with Crippen LogP contribution in [0.2, 0.25) is 0 Å². The van der Waals surface area contributed by atoms with E-state index in [0.29, 0.717) is 0 Å². The molecule has 6 aliphatic heterocycles. The molecule has 3 N–H and O–H groups in total. The standard InChI is InChI=1S/C57H93B3N8O6/c1-52(2)53(3,4)70-58(69-52)49-19-13-46(14-20-49)43-66-34-30-63-29-32-64-31-27-61-25-26-62-28-33-65(36-38-66)37-40-68(45-48-17-23-51(24-18-48)60-73-56(9,10)57(11,12)74-60)42-41-67(39-35-64)44-47-15-21-50(22-16-47)59-71-54(5,6)55(7,8)72-59/h13-24,61-63H,25-45H2,1-12H3. The minimum absolute atomic E-state index is 0.359. The summed E-state index contributed by atoms with van der Waals surface area (Å²) in [5.74, 6) is 0. The number of benzene rings is 3. The molecule has 2 unspecified atom stereocenters. The van der Waals surface area contributed by atoms with Crippen molar-refractivity contribution in [2.24, 2.45) is 0 Å². The van der Waals surface area contributed by atoms with Gasteiger partial charge in [0.05, 0.1) is 33.6 Å². The van der Waals surface area contributed by atoms with Crippen LogP contribution in [0.4, 0.5) is 0 Å². The van der Waals surface area contributed by atoms with Gasteiger partial charge in [-0.05, 0) is 116 Å². The summed E-state index contributed by atoms with van der Waals surface area (Å²) in [5.41, 5.74) is 4.86. The molecular weight excluding hydrogens is 925 g/mol. The minimum atomic E-state index is -0.382. The van der Waals surface area contributed by atoms with Crippen molar-refractivity contribution in [3.63, 3.8) is 0 Å². The fraction of sp³-hybridized carbons (Fsp3) is 0.684. The fourth-order valence-electron chi connectivity index (χ4n) is 10.2. The third-order valence-corrected chi connectivity index (χ3v) is 17.6. The summed E-state index contributed by atoms with van der Waals surface area (Å²) < 4.78 is 38.6. The Kier molecular flexibility index (Phi) is 19.1. The van der Waals surface area contributed by atoms with E-state index in [9.17, 15) is 0 Å². The summed E-state index contributed by atoms with van der Waals surface area (Å²) in [6.07, 6.45) is 0. The van der Waals surface area contributed by atoms with E-state index >= 15 is 0 Å². The molecule has 0 amide bonds. The van der Waals surface area contributed by atoms with Gasteiger partial charge in [0.15, 0.2) is 0 Å². The lowest BCUT2D eigenvalue weighted by Gasteiger charge is -2.33. The van der Waals surface area contributed by atoms with E-state index < -0.39 is 0 Å². The molecule has 2 atom stereocenters. The van der Waals surface area contributed by atoms with Gasteiger partial charge in [-0.3, -0.25) is 24.5 Å². The molecular formula is C57H93B3N8O6. The molecule has 17 heteroatoms. The van der Waals surface area contributed by atoms with Crippen LogP contribution in [-0.2, 0) is 47.6 Å². The van der Waals surface area contributed by atoms with Gasteiger partial charge in [0.25, 0.3) is 0 Å². The highest BCUT2D eigenvalue weighted by atomic mass is 16.7. The highest BCUT2D eigenvalue weighted by Gasteiger charge is 2.53. The Labute approximate surface area is 448 Å². The molecule has 3 aromatic rings. The molecule has 6 heterocycles. The van der Waals surface area contributed by atoms with E-state index in [0.717, 1.165) is 154 Å². The van der Waals surface area contributed by atoms with Gasteiger partial charge < -0.3 is 43.9 Å². The predicted octanol–water partition coefficient (Wildman–Crippen LogP) is 3.79. The number of rotatable bonds is 9. The van der Waals surface area contributed by atoms with Crippen LogP contribution in [0.25, 0.3) is 0 Å². The Hall–Kier alpha value is -2.71. The van der Waals surface area contributed by atoms with Gasteiger partial charge in [-0.15, -0.1) is 0 Å². The largest absolute Gasteiger partial charge is 0.494 e. The van der Waals surface area contributed by atoms with Crippen LogP contribution < -0.4 is 32.3 Å². The average molecular weight is 1020 g/mol. The molecule has 406 valence electrons. The number of nitrogens with one attached hydrogen (secondary N) is 3. The SMILES string of the molecule is CC1(C)OB(c2ccc(CN3CCNCCN4CCNCCNCCN(CC3)CCN(Cc3ccc(B5OC(C)(C)C(C)(C)O5)cc3)CCN(Cc3ccc(B5OC(C)(C)C(C)(C)O5)cc3)CC4)cc2)OC1(C)C. The van der Waals surface area contributed by atoms with Gasteiger partial charge in [-0.25, -0.2) is 0 Å². The number of hydrogen-bond donors (Lipinski definition) is 3. The third kappa shape index (κ3) is 14.9. The van der Waals surface area contributed by atoms with Crippen molar-refractivity contribution in [2.75, 3.05) is 118 Å². The summed E-state index contributed by atoms with van der Waals surface area (Å²) in [4.78, 5) is 13.4. The topological polar surface area (TPSA) is 108 Å². The summed E-state index contributed by atoms with van der Waals surface area (Å²) >= 11 is 0. The van der Waals surface area contributed by atoms with Crippen molar-refractivity contribution in [1.29, 1.82) is 0 Å². The molecule has 6 fully saturated rings. The minimum Gasteiger partial charge on any atom is -0.399 e. The molecule has 2 bridgehead atoms. The highest BCUT2D eigenvalue weighted by Crippen LogP contribution is 2.38. The van der Waals surface area contributed by atoms with E-state index in [1.54, 1.807) is 0 Å². The molecule has 0 spiro atoms. The third-order valence-electron chi connectivity index (χ3n) is 17.6. The zero-order chi connectivity index (χ0) is 52.8. The maximum Gasteiger partial charge on any atom is 0.494 e. The Bertz CT molecular complexity index is 2170. The summed E-state index contributed by atoms with van der Waals surface area (Å²) in [5, 5.41) is 11.4. The van der Waals surface area contributed by atoms with E-state index in [1.165, 1.54) is 16.7 Å². The summed E-state index contributed by atoms with van der Waals surface area (Å²) in [6.45, 7) is 45.5. The van der Waals surface area contributed by atoms with E-state index in [1.807, 2.05) is 0 Å². The van der Waals surface area contributed by atoms with Gasteiger partial charge in [-0.2, -0.15) is 0 Å². The van der Waals surface area contributed by atoms with E-state index in [4.69, 9.17) is 27.9 Å². The quantitative estimate of drug-likeness (QED) is 0.271. The Morgan fingerprint density at radius 2 is 0.541 bits per heavy atom. The van der Waals surface area contributed by atoms with Crippen LogP contribution in [0.15, 0.2) is 72.8 Å². The monoisotopic (exact) mass is 1020 g/mol. The zero-order valence-corrected chi connectivity index (χ0v) is 47.7. The number of hydrogen-bond acceptors (Lipinski definition) is 14. The van der Waals surface area contributed by atoms with Crippen LogP contribution in [-0.4, -0.2) is 197 Å². The number of fused-ring (bicyclic) bond motifs is 21. The molecule has 14 nitrogen and oxygen atoms in total. The average Bonchev–Trinajstić information content (AvgIpc) is 3.82. The molecule has 0 radical (unpaired) electrons. The molecule has 74 heavy (non-hydrogen) atoms. The summed E-state index contributed by atoms with van der Waals surface area (Å²) in [6, 6.07) is 26.9.